The maximum atomic E-state index is 12.5. The maximum Gasteiger partial charge on any atom is 0.341 e. The lowest BCUT2D eigenvalue weighted by Gasteiger charge is -2.47. The number of carbonyl (C=O) groups is 1. The second-order valence-electron chi connectivity index (χ2n) is 10.0. The van der Waals surface area contributed by atoms with Gasteiger partial charge in [0.1, 0.15) is 11.2 Å². The third-order valence-corrected chi connectivity index (χ3v) is 11.3. The van der Waals surface area contributed by atoms with Gasteiger partial charge in [0.15, 0.2) is 8.32 Å². The van der Waals surface area contributed by atoms with Crippen LogP contribution in [0.5, 0.6) is 0 Å². The number of aromatic carboxylic acids is 1. The molecule has 2 aromatic heterocycles. The summed E-state index contributed by atoms with van der Waals surface area (Å²) in [5, 5.41) is 10.0. The Labute approximate surface area is 173 Å². The number of aromatic nitrogens is 2. The van der Waals surface area contributed by atoms with Gasteiger partial charge in [0.2, 0.25) is 5.43 Å². The molecule has 6 nitrogen and oxygen atoms in total. The average molecular weight is 417 g/mol. The van der Waals surface area contributed by atoms with E-state index in [9.17, 15) is 14.7 Å². The Bertz CT molecular complexity index is 982. The van der Waals surface area contributed by atoms with E-state index < -0.39 is 19.7 Å². The minimum Gasteiger partial charge on any atom is -0.477 e. The van der Waals surface area contributed by atoms with E-state index in [1.807, 2.05) is 4.57 Å². The number of fused-ring (bicyclic) bond motifs is 1. The summed E-state index contributed by atoms with van der Waals surface area (Å²) < 4.78 is 8.65. The van der Waals surface area contributed by atoms with Gasteiger partial charge in [-0.25, -0.2) is 9.78 Å². The molecule has 0 saturated heterocycles. The van der Waals surface area contributed by atoms with Gasteiger partial charge in [-0.3, -0.25) is 4.79 Å². The van der Waals surface area contributed by atoms with Crippen LogP contribution in [0.2, 0.25) is 18.1 Å². The zero-order valence-electron chi connectivity index (χ0n) is 18.3. The van der Waals surface area contributed by atoms with Crippen molar-refractivity contribution in [1.82, 2.24) is 9.55 Å². The minimum atomic E-state index is -1.88. The lowest BCUT2D eigenvalue weighted by atomic mass is 9.83. The van der Waals surface area contributed by atoms with E-state index in [1.165, 1.54) is 6.20 Å². The first kappa shape index (κ1) is 21.7. The number of hydrogen-bond acceptors (Lipinski definition) is 4. The Kier molecular flexibility index (Phi) is 5.51. The van der Waals surface area contributed by atoms with Crippen LogP contribution in [0.4, 0.5) is 0 Å². The minimum absolute atomic E-state index is 0.0993. The monoisotopic (exact) mass is 416 g/mol. The molecule has 1 fully saturated rings. The van der Waals surface area contributed by atoms with Crippen molar-refractivity contribution in [2.45, 2.75) is 83.2 Å². The molecular weight excluding hydrogens is 384 g/mol. The molecule has 7 heteroatoms. The normalized spacial score (nSPS) is 23.3. The molecule has 0 radical (unpaired) electrons. The smallest absolute Gasteiger partial charge is 0.341 e. The molecule has 2 heterocycles. The largest absolute Gasteiger partial charge is 0.477 e. The van der Waals surface area contributed by atoms with Crippen LogP contribution < -0.4 is 5.43 Å². The molecular formula is C22H32N2O4Si. The van der Waals surface area contributed by atoms with E-state index in [-0.39, 0.29) is 22.2 Å². The zero-order chi connectivity index (χ0) is 21.6. The van der Waals surface area contributed by atoms with Crippen LogP contribution in [-0.2, 0) is 4.43 Å². The number of carboxylic acids is 1. The fraction of sp³-hybridized carbons (Fsp3) is 0.591. The van der Waals surface area contributed by atoms with E-state index in [4.69, 9.17) is 4.43 Å². The maximum absolute atomic E-state index is 12.5. The van der Waals surface area contributed by atoms with Crippen molar-refractivity contribution in [3.63, 3.8) is 0 Å². The van der Waals surface area contributed by atoms with Crippen molar-refractivity contribution in [2.75, 3.05) is 0 Å². The van der Waals surface area contributed by atoms with Gasteiger partial charge in [-0.15, -0.1) is 0 Å². The van der Waals surface area contributed by atoms with Gasteiger partial charge in [0, 0.05) is 18.4 Å². The number of carboxylic acid groups (broad SMARTS) is 1. The van der Waals surface area contributed by atoms with E-state index in [2.05, 4.69) is 45.8 Å². The molecule has 3 rings (SSSR count). The van der Waals surface area contributed by atoms with Crippen LogP contribution in [0, 0.1) is 0 Å². The van der Waals surface area contributed by atoms with Gasteiger partial charge < -0.3 is 14.1 Å². The highest BCUT2D eigenvalue weighted by atomic mass is 28.4. The molecule has 1 aliphatic rings. The molecule has 0 bridgehead atoms. The van der Waals surface area contributed by atoms with E-state index >= 15 is 0 Å². The van der Waals surface area contributed by atoms with Crippen LogP contribution >= 0.6 is 0 Å². The molecule has 0 amide bonds. The summed E-state index contributed by atoms with van der Waals surface area (Å²) in [6.07, 6.45) is 6.63. The van der Waals surface area contributed by atoms with Crippen LogP contribution in [0.3, 0.4) is 0 Å². The third-order valence-electron chi connectivity index (χ3n) is 6.73. The lowest BCUT2D eigenvalue weighted by Crippen LogP contribution is -2.50. The quantitative estimate of drug-likeness (QED) is 0.710. The molecule has 0 aliphatic heterocycles. The Morgan fingerprint density at radius 3 is 2.48 bits per heavy atom. The number of nitrogens with zero attached hydrogens (tertiary/aromatic N) is 2. The summed E-state index contributed by atoms with van der Waals surface area (Å²) in [6, 6.07) is 3.42. The fourth-order valence-corrected chi connectivity index (χ4v) is 5.72. The van der Waals surface area contributed by atoms with Crippen molar-refractivity contribution < 1.29 is 14.3 Å². The zero-order valence-corrected chi connectivity index (χ0v) is 19.3. The topological polar surface area (TPSA) is 81.4 Å². The fourth-order valence-electron chi connectivity index (χ4n) is 3.98. The van der Waals surface area contributed by atoms with Gasteiger partial charge in [0.05, 0.1) is 11.0 Å². The summed E-state index contributed by atoms with van der Waals surface area (Å²) in [5.74, 6) is -1.20. The molecule has 2 aromatic rings. The van der Waals surface area contributed by atoms with Gasteiger partial charge in [-0.05, 0) is 62.9 Å². The summed E-state index contributed by atoms with van der Waals surface area (Å²) in [6.45, 7) is 13.5. The predicted molar refractivity (Wildman–Crippen MR) is 117 cm³/mol. The highest BCUT2D eigenvalue weighted by molar-refractivity contribution is 6.74. The molecule has 0 atom stereocenters. The number of rotatable bonds is 4. The van der Waals surface area contributed by atoms with Crippen LogP contribution in [0.25, 0.3) is 11.0 Å². The third kappa shape index (κ3) is 4.16. The predicted octanol–water partition coefficient (Wildman–Crippen LogP) is 4.99. The van der Waals surface area contributed by atoms with Crippen molar-refractivity contribution >= 4 is 25.3 Å². The SMILES string of the molecule is CC1(O[Si](C)(C)C(C)(C)C)CCC(n2cc(C(=O)O)c(=O)c3cccnc32)CC1. The van der Waals surface area contributed by atoms with Gasteiger partial charge >= 0.3 is 5.97 Å². The molecule has 158 valence electrons. The molecule has 0 aromatic carbocycles. The van der Waals surface area contributed by atoms with Gasteiger partial charge in [-0.1, -0.05) is 20.8 Å². The molecule has 29 heavy (non-hydrogen) atoms. The molecule has 0 unspecified atom stereocenters. The molecule has 1 aliphatic carbocycles. The summed E-state index contributed by atoms with van der Waals surface area (Å²) in [5.41, 5.74) is -0.284. The van der Waals surface area contributed by atoms with Gasteiger partial charge in [-0.2, -0.15) is 0 Å². The first-order chi connectivity index (χ1) is 13.3. The van der Waals surface area contributed by atoms with Crippen LogP contribution in [0.15, 0.2) is 29.3 Å². The van der Waals surface area contributed by atoms with E-state index in [0.29, 0.717) is 11.0 Å². The van der Waals surface area contributed by atoms with Crippen molar-refractivity contribution in [1.29, 1.82) is 0 Å². The highest BCUT2D eigenvalue weighted by Crippen LogP contribution is 2.44. The average Bonchev–Trinajstić information content (AvgIpc) is 2.61. The van der Waals surface area contributed by atoms with Crippen molar-refractivity contribution in [3.05, 3.63) is 40.3 Å². The van der Waals surface area contributed by atoms with Gasteiger partial charge in [0.25, 0.3) is 0 Å². The molecule has 1 N–H and O–H groups in total. The Balaban J connectivity index is 1.90. The summed E-state index contributed by atoms with van der Waals surface area (Å²) in [7, 11) is -1.88. The second-order valence-corrected chi connectivity index (χ2v) is 14.7. The first-order valence-electron chi connectivity index (χ1n) is 10.3. The van der Waals surface area contributed by atoms with Crippen molar-refractivity contribution in [3.8, 4) is 0 Å². The van der Waals surface area contributed by atoms with E-state index in [0.717, 1.165) is 25.7 Å². The summed E-state index contributed by atoms with van der Waals surface area (Å²) in [4.78, 5) is 28.5. The first-order valence-corrected chi connectivity index (χ1v) is 13.2. The standard InChI is InChI=1S/C22H32N2O4Si/c1-21(2,3)29(5,6)28-22(4)11-9-15(10-12-22)24-14-17(20(26)27)18(25)16-8-7-13-23-19(16)24/h7-8,13-15H,9-12H2,1-6H3,(H,26,27). The van der Waals surface area contributed by atoms with Crippen LogP contribution in [-0.4, -0.2) is 34.5 Å². The van der Waals surface area contributed by atoms with Crippen LogP contribution in [0.1, 0.15) is 69.8 Å². The number of pyridine rings is 2. The number of hydrogen-bond donors (Lipinski definition) is 1. The molecule has 1 saturated carbocycles. The highest BCUT2D eigenvalue weighted by Gasteiger charge is 2.44. The van der Waals surface area contributed by atoms with E-state index in [1.54, 1.807) is 18.3 Å². The Morgan fingerprint density at radius 2 is 1.93 bits per heavy atom. The Hall–Kier alpha value is -1.99. The van der Waals surface area contributed by atoms with Crippen molar-refractivity contribution in [2.24, 2.45) is 0 Å². The summed E-state index contributed by atoms with van der Waals surface area (Å²) >= 11 is 0. The second kappa shape index (κ2) is 7.36. The Morgan fingerprint density at radius 1 is 1.31 bits per heavy atom. The lowest BCUT2D eigenvalue weighted by molar-refractivity contribution is 0.0218. The molecule has 0 spiro atoms.